The van der Waals surface area contributed by atoms with E-state index in [0.29, 0.717) is 10.7 Å². The SMILES string of the molecule is Cc1nc(NC(=O)c2cc(Br)ccc2I)sc1C. The van der Waals surface area contributed by atoms with Crippen molar-refractivity contribution in [3.8, 4) is 0 Å². The molecule has 94 valence electrons. The lowest BCUT2D eigenvalue weighted by Gasteiger charge is -2.04. The molecule has 1 amide bonds. The van der Waals surface area contributed by atoms with Gasteiger partial charge in [-0.25, -0.2) is 4.98 Å². The van der Waals surface area contributed by atoms with E-state index in [-0.39, 0.29) is 5.91 Å². The van der Waals surface area contributed by atoms with E-state index in [1.165, 1.54) is 11.3 Å². The van der Waals surface area contributed by atoms with E-state index in [1.54, 1.807) is 0 Å². The highest BCUT2D eigenvalue weighted by Crippen LogP contribution is 2.23. The van der Waals surface area contributed by atoms with Crippen LogP contribution in [0.15, 0.2) is 22.7 Å². The summed E-state index contributed by atoms with van der Waals surface area (Å²) < 4.78 is 1.80. The summed E-state index contributed by atoms with van der Waals surface area (Å²) in [6.45, 7) is 3.93. The van der Waals surface area contributed by atoms with Gasteiger partial charge in [-0.2, -0.15) is 0 Å². The molecule has 0 aliphatic carbocycles. The third kappa shape index (κ3) is 3.10. The fourth-order valence-corrected chi connectivity index (χ4v) is 3.11. The Morgan fingerprint density at radius 2 is 2.17 bits per heavy atom. The molecule has 2 rings (SSSR count). The van der Waals surface area contributed by atoms with Crippen molar-refractivity contribution >= 4 is 60.9 Å². The molecule has 6 heteroatoms. The number of amides is 1. The quantitative estimate of drug-likeness (QED) is 0.709. The summed E-state index contributed by atoms with van der Waals surface area (Å²) in [6.07, 6.45) is 0. The number of halogens is 2. The van der Waals surface area contributed by atoms with Gasteiger partial charge in [-0.1, -0.05) is 15.9 Å². The van der Waals surface area contributed by atoms with Gasteiger partial charge in [0, 0.05) is 12.9 Å². The average Bonchev–Trinajstić information content (AvgIpc) is 2.61. The zero-order valence-electron chi connectivity index (χ0n) is 9.75. The highest BCUT2D eigenvalue weighted by Gasteiger charge is 2.13. The van der Waals surface area contributed by atoms with Crippen LogP contribution in [-0.2, 0) is 0 Å². The minimum Gasteiger partial charge on any atom is -0.298 e. The number of carbonyl (C=O) groups excluding carboxylic acids is 1. The van der Waals surface area contributed by atoms with Gasteiger partial charge in [0.1, 0.15) is 0 Å². The predicted octanol–water partition coefficient (Wildman–Crippen LogP) is 4.38. The molecule has 0 aliphatic rings. The molecule has 0 saturated heterocycles. The first-order valence-corrected chi connectivity index (χ1v) is 7.86. The average molecular weight is 437 g/mol. The first-order chi connectivity index (χ1) is 8.47. The lowest BCUT2D eigenvalue weighted by Crippen LogP contribution is -2.13. The van der Waals surface area contributed by atoms with Crippen LogP contribution in [0.4, 0.5) is 5.13 Å². The fourth-order valence-electron chi connectivity index (χ4n) is 1.36. The molecule has 0 fully saturated rings. The number of aromatic nitrogens is 1. The molecule has 1 aromatic heterocycles. The number of anilines is 1. The number of hydrogen-bond acceptors (Lipinski definition) is 3. The number of rotatable bonds is 2. The summed E-state index contributed by atoms with van der Waals surface area (Å²) in [5.41, 5.74) is 1.61. The number of nitrogens with one attached hydrogen (secondary N) is 1. The van der Waals surface area contributed by atoms with Gasteiger partial charge in [0.25, 0.3) is 5.91 Å². The Balaban J connectivity index is 2.24. The van der Waals surface area contributed by atoms with Crippen molar-refractivity contribution in [2.24, 2.45) is 0 Å². The topological polar surface area (TPSA) is 42.0 Å². The van der Waals surface area contributed by atoms with Crippen molar-refractivity contribution in [1.29, 1.82) is 0 Å². The summed E-state index contributed by atoms with van der Waals surface area (Å²) in [6, 6.07) is 5.62. The summed E-state index contributed by atoms with van der Waals surface area (Å²) >= 11 is 7.01. The number of aryl methyl sites for hydroxylation is 2. The zero-order valence-corrected chi connectivity index (χ0v) is 14.3. The molecule has 2 aromatic rings. The molecule has 0 spiro atoms. The molecule has 0 bridgehead atoms. The standard InChI is InChI=1S/C12H10BrIN2OS/c1-6-7(2)18-12(15-6)16-11(17)9-5-8(13)3-4-10(9)14/h3-5H,1-2H3,(H,15,16,17). The van der Waals surface area contributed by atoms with E-state index in [1.807, 2.05) is 32.0 Å². The summed E-state index contributed by atoms with van der Waals surface area (Å²) in [5, 5.41) is 3.47. The van der Waals surface area contributed by atoms with Gasteiger partial charge in [-0.05, 0) is 54.6 Å². The van der Waals surface area contributed by atoms with Gasteiger partial charge in [-0.15, -0.1) is 11.3 Å². The predicted molar refractivity (Wildman–Crippen MR) is 86.4 cm³/mol. The normalized spacial score (nSPS) is 10.4. The van der Waals surface area contributed by atoms with Gasteiger partial charge >= 0.3 is 0 Å². The van der Waals surface area contributed by atoms with Crippen LogP contribution >= 0.6 is 49.9 Å². The van der Waals surface area contributed by atoms with Crippen molar-refractivity contribution in [1.82, 2.24) is 4.98 Å². The molecule has 0 saturated carbocycles. The highest BCUT2D eigenvalue weighted by molar-refractivity contribution is 14.1. The Morgan fingerprint density at radius 1 is 1.44 bits per heavy atom. The maximum atomic E-state index is 12.1. The first-order valence-electron chi connectivity index (χ1n) is 5.18. The van der Waals surface area contributed by atoms with E-state index < -0.39 is 0 Å². The second-order valence-corrected chi connectivity index (χ2v) is 7.02. The molecular formula is C12H10BrIN2OS. The van der Waals surface area contributed by atoms with Crippen molar-refractivity contribution in [2.75, 3.05) is 5.32 Å². The van der Waals surface area contributed by atoms with E-state index >= 15 is 0 Å². The molecule has 1 heterocycles. The third-order valence-electron chi connectivity index (χ3n) is 2.42. The van der Waals surface area contributed by atoms with Crippen LogP contribution in [0.5, 0.6) is 0 Å². The maximum absolute atomic E-state index is 12.1. The first kappa shape index (κ1) is 14.0. The number of benzene rings is 1. The van der Waals surface area contributed by atoms with Crippen LogP contribution in [0.3, 0.4) is 0 Å². The molecule has 0 radical (unpaired) electrons. The molecule has 1 N–H and O–H groups in total. The highest BCUT2D eigenvalue weighted by atomic mass is 127. The molecule has 18 heavy (non-hydrogen) atoms. The number of carbonyl (C=O) groups is 1. The lowest BCUT2D eigenvalue weighted by atomic mass is 10.2. The van der Waals surface area contributed by atoms with Crippen LogP contribution in [0.25, 0.3) is 0 Å². The summed E-state index contributed by atoms with van der Waals surface area (Å²) in [4.78, 5) is 17.6. The largest absolute Gasteiger partial charge is 0.298 e. The second kappa shape index (κ2) is 5.66. The molecule has 0 unspecified atom stereocenters. The molecule has 1 aromatic carbocycles. The van der Waals surface area contributed by atoms with Gasteiger partial charge < -0.3 is 0 Å². The van der Waals surface area contributed by atoms with E-state index in [4.69, 9.17) is 0 Å². The second-order valence-electron chi connectivity index (χ2n) is 3.74. The van der Waals surface area contributed by atoms with E-state index in [0.717, 1.165) is 18.6 Å². The zero-order chi connectivity index (χ0) is 13.3. The minimum absolute atomic E-state index is 0.130. The van der Waals surface area contributed by atoms with Crippen molar-refractivity contribution in [3.63, 3.8) is 0 Å². The molecule has 0 aliphatic heterocycles. The number of thiazole rings is 1. The van der Waals surface area contributed by atoms with Crippen LogP contribution in [0.1, 0.15) is 20.9 Å². The Labute approximate surface area is 131 Å². The third-order valence-corrected chi connectivity index (χ3v) is 4.84. The Hall–Kier alpha value is -0.470. The van der Waals surface area contributed by atoms with Crippen LogP contribution < -0.4 is 5.32 Å². The van der Waals surface area contributed by atoms with Gasteiger partial charge in [0.2, 0.25) is 0 Å². The Morgan fingerprint density at radius 3 is 2.78 bits per heavy atom. The summed E-state index contributed by atoms with van der Waals surface area (Å²) in [5.74, 6) is -0.130. The van der Waals surface area contributed by atoms with Crippen molar-refractivity contribution < 1.29 is 4.79 Å². The Kier molecular flexibility index (Phi) is 4.39. The van der Waals surface area contributed by atoms with E-state index in [2.05, 4.69) is 48.8 Å². The summed E-state index contributed by atoms with van der Waals surface area (Å²) in [7, 11) is 0. The van der Waals surface area contributed by atoms with E-state index in [9.17, 15) is 4.79 Å². The number of hydrogen-bond donors (Lipinski definition) is 1. The van der Waals surface area contributed by atoms with Gasteiger partial charge in [0.05, 0.1) is 11.3 Å². The van der Waals surface area contributed by atoms with Gasteiger partial charge in [-0.3, -0.25) is 10.1 Å². The molecule has 0 atom stereocenters. The molecular weight excluding hydrogens is 427 g/mol. The lowest BCUT2D eigenvalue weighted by molar-refractivity contribution is 0.102. The van der Waals surface area contributed by atoms with Crippen LogP contribution in [-0.4, -0.2) is 10.9 Å². The van der Waals surface area contributed by atoms with Crippen molar-refractivity contribution in [3.05, 3.63) is 42.4 Å². The maximum Gasteiger partial charge on any atom is 0.258 e. The fraction of sp³-hybridized carbons (Fsp3) is 0.167. The monoisotopic (exact) mass is 436 g/mol. The molecule has 3 nitrogen and oxygen atoms in total. The minimum atomic E-state index is -0.130. The smallest absolute Gasteiger partial charge is 0.258 e. The Bertz CT molecular complexity index is 593. The number of nitrogens with zero attached hydrogens (tertiary/aromatic N) is 1. The van der Waals surface area contributed by atoms with Crippen LogP contribution in [0.2, 0.25) is 0 Å². The van der Waals surface area contributed by atoms with Crippen molar-refractivity contribution in [2.45, 2.75) is 13.8 Å². The van der Waals surface area contributed by atoms with Gasteiger partial charge in [0.15, 0.2) is 5.13 Å². The van der Waals surface area contributed by atoms with Crippen LogP contribution in [0, 0.1) is 17.4 Å².